The first-order valence-corrected chi connectivity index (χ1v) is 10.3. The molecule has 4 aromatic rings. The van der Waals surface area contributed by atoms with Gasteiger partial charge in [0.15, 0.2) is 0 Å². The number of aryl methyl sites for hydroxylation is 1. The number of amides is 1. The predicted molar refractivity (Wildman–Crippen MR) is 119 cm³/mol. The van der Waals surface area contributed by atoms with Gasteiger partial charge in [0.2, 0.25) is 11.8 Å². The van der Waals surface area contributed by atoms with Crippen molar-refractivity contribution in [3.8, 4) is 17.3 Å². The van der Waals surface area contributed by atoms with Gasteiger partial charge in [0.1, 0.15) is 11.6 Å². The molecule has 1 amide bonds. The van der Waals surface area contributed by atoms with E-state index < -0.39 is 0 Å². The Morgan fingerprint density at radius 1 is 1.06 bits per heavy atom. The third-order valence-corrected chi connectivity index (χ3v) is 4.98. The molecule has 32 heavy (non-hydrogen) atoms. The highest BCUT2D eigenvalue weighted by Gasteiger charge is 2.20. The summed E-state index contributed by atoms with van der Waals surface area (Å²) in [6.45, 7) is 2.30. The standard InChI is InChI=1S/C25H23FN4O2/c1-18-23(13-14-24(31)28-17-19-6-5-15-27-16-19)25(32-22-7-3-2-4-8-22)30(29-18)21-11-9-20(26)10-12-21/h2-12,15-16H,13-14,17H2,1H3,(H,28,31). The summed E-state index contributed by atoms with van der Waals surface area (Å²) in [6.07, 6.45) is 4.15. The molecule has 1 N–H and O–H groups in total. The van der Waals surface area contributed by atoms with Gasteiger partial charge >= 0.3 is 0 Å². The summed E-state index contributed by atoms with van der Waals surface area (Å²) >= 11 is 0. The van der Waals surface area contributed by atoms with Gasteiger partial charge in [-0.15, -0.1) is 0 Å². The van der Waals surface area contributed by atoms with Crippen LogP contribution in [-0.2, 0) is 17.8 Å². The smallest absolute Gasteiger partial charge is 0.226 e. The van der Waals surface area contributed by atoms with Gasteiger partial charge in [-0.2, -0.15) is 5.10 Å². The summed E-state index contributed by atoms with van der Waals surface area (Å²) < 4.78 is 21.2. The van der Waals surface area contributed by atoms with Crippen molar-refractivity contribution in [1.29, 1.82) is 0 Å². The summed E-state index contributed by atoms with van der Waals surface area (Å²) in [4.78, 5) is 16.5. The van der Waals surface area contributed by atoms with Crippen molar-refractivity contribution in [2.45, 2.75) is 26.3 Å². The first kappa shape index (κ1) is 21.2. The zero-order valence-electron chi connectivity index (χ0n) is 17.7. The summed E-state index contributed by atoms with van der Waals surface area (Å²) in [5.41, 5.74) is 3.19. The van der Waals surface area contributed by atoms with Crippen LogP contribution in [-0.4, -0.2) is 20.7 Å². The number of pyridine rings is 1. The van der Waals surface area contributed by atoms with Crippen molar-refractivity contribution >= 4 is 5.91 Å². The zero-order chi connectivity index (χ0) is 22.3. The largest absolute Gasteiger partial charge is 0.439 e. The van der Waals surface area contributed by atoms with Gasteiger partial charge in [-0.25, -0.2) is 9.07 Å². The van der Waals surface area contributed by atoms with E-state index in [1.807, 2.05) is 49.4 Å². The molecule has 0 unspecified atom stereocenters. The number of para-hydroxylation sites is 1. The quantitative estimate of drug-likeness (QED) is 0.438. The summed E-state index contributed by atoms with van der Waals surface area (Å²) in [7, 11) is 0. The molecule has 0 saturated carbocycles. The normalized spacial score (nSPS) is 10.7. The van der Waals surface area contributed by atoms with E-state index in [0.717, 1.165) is 16.8 Å². The fraction of sp³-hybridized carbons (Fsp3) is 0.160. The molecule has 0 aliphatic heterocycles. The average Bonchev–Trinajstić information content (AvgIpc) is 3.13. The zero-order valence-corrected chi connectivity index (χ0v) is 17.7. The van der Waals surface area contributed by atoms with Crippen LogP contribution in [0.2, 0.25) is 0 Å². The molecule has 2 aromatic heterocycles. The molecular weight excluding hydrogens is 407 g/mol. The average molecular weight is 430 g/mol. The van der Waals surface area contributed by atoms with Crippen LogP contribution in [0.15, 0.2) is 79.1 Å². The van der Waals surface area contributed by atoms with Crippen LogP contribution < -0.4 is 10.1 Å². The van der Waals surface area contributed by atoms with Crippen LogP contribution >= 0.6 is 0 Å². The van der Waals surface area contributed by atoms with Crippen molar-refractivity contribution in [1.82, 2.24) is 20.1 Å². The monoisotopic (exact) mass is 430 g/mol. The predicted octanol–water partition coefficient (Wildman–Crippen LogP) is 4.76. The Morgan fingerprint density at radius 3 is 2.56 bits per heavy atom. The van der Waals surface area contributed by atoms with E-state index in [-0.39, 0.29) is 18.1 Å². The van der Waals surface area contributed by atoms with Crippen LogP contribution in [0.3, 0.4) is 0 Å². The Bertz CT molecular complexity index is 1180. The first-order valence-electron chi connectivity index (χ1n) is 10.3. The van der Waals surface area contributed by atoms with Crippen LogP contribution in [0, 0.1) is 12.7 Å². The topological polar surface area (TPSA) is 69.0 Å². The third kappa shape index (κ3) is 5.18. The number of carbonyl (C=O) groups excluding carboxylic acids is 1. The second-order valence-electron chi connectivity index (χ2n) is 7.31. The van der Waals surface area contributed by atoms with E-state index in [1.165, 1.54) is 12.1 Å². The maximum absolute atomic E-state index is 13.4. The molecule has 0 fully saturated rings. The second kappa shape index (κ2) is 9.87. The number of halogens is 1. The number of hydrogen-bond acceptors (Lipinski definition) is 4. The lowest BCUT2D eigenvalue weighted by Crippen LogP contribution is -2.23. The Morgan fingerprint density at radius 2 is 1.84 bits per heavy atom. The second-order valence-corrected chi connectivity index (χ2v) is 7.31. The molecule has 2 aromatic carbocycles. The molecule has 0 bridgehead atoms. The molecular formula is C25H23FN4O2. The lowest BCUT2D eigenvalue weighted by Gasteiger charge is -2.11. The molecule has 0 spiro atoms. The Kier molecular flexibility index (Phi) is 6.55. The minimum absolute atomic E-state index is 0.0755. The van der Waals surface area contributed by atoms with E-state index in [9.17, 15) is 9.18 Å². The molecule has 162 valence electrons. The SMILES string of the molecule is Cc1nn(-c2ccc(F)cc2)c(Oc2ccccc2)c1CCC(=O)NCc1cccnc1. The van der Waals surface area contributed by atoms with E-state index >= 15 is 0 Å². The van der Waals surface area contributed by atoms with Gasteiger partial charge in [-0.1, -0.05) is 24.3 Å². The van der Waals surface area contributed by atoms with Gasteiger partial charge in [0.05, 0.1) is 11.4 Å². The molecule has 0 aliphatic rings. The van der Waals surface area contributed by atoms with E-state index in [4.69, 9.17) is 4.74 Å². The number of ether oxygens (including phenoxy) is 1. The number of hydrogen-bond donors (Lipinski definition) is 1. The van der Waals surface area contributed by atoms with Gasteiger partial charge in [0, 0.05) is 30.9 Å². The summed E-state index contributed by atoms with van der Waals surface area (Å²) in [5.74, 6) is 0.764. The number of benzene rings is 2. The van der Waals surface area contributed by atoms with Crippen molar-refractivity contribution in [3.63, 3.8) is 0 Å². The van der Waals surface area contributed by atoms with Crippen LogP contribution in [0.1, 0.15) is 23.2 Å². The van der Waals surface area contributed by atoms with Crippen molar-refractivity contribution in [2.75, 3.05) is 0 Å². The molecule has 7 heteroatoms. The van der Waals surface area contributed by atoms with Gasteiger partial charge < -0.3 is 10.1 Å². The summed E-state index contributed by atoms with van der Waals surface area (Å²) in [6, 6.07) is 19.2. The van der Waals surface area contributed by atoms with Crippen LogP contribution in [0.5, 0.6) is 11.6 Å². The number of nitrogens with zero attached hydrogens (tertiary/aromatic N) is 3. The highest BCUT2D eigenvalue weighted by molar-refractivity contribution is 5.76. The van der Waals surface area contributed by atoms with E-state index in [2.05, 4.69) is 15.4 Å². The highest BCUT2D eigenvalue weighted by atomic mass is 19.1. The minimum Gasteiger partial charge on any atom is -0.439 e. The maximum Gasteiger partial charge on any atom is 0.226 e. The minimum atomic E-state index is -0.325. The number of aromatic nitrogens is 3. The van der Waals surface area contributed by atoms with Crippen LogP contribution in [0.25, 0.3) is 5.69 Å². The Hall–Kier alpha value is -4.00. The Labute approximate surface area is 185 Å². The lowest BCUT2D eigenvalue weighted by molar-refractivity contribution is -0.121. The molecule has 4 rings (SSSR count). The number of rotatable bonds is 8. The lowest BCUT2D eigenvalue weighted by atomic mass is 10.1. The highest BCUT2D eigenvalue weighted by Crippen LogP contribution is 2.31. The van der Waals surface area contributed by atoms with Gasteiger partial charge in [-0.3, -0.25) is 9.78 Å². The van der Waals surface area contributed by atoms with Crippen molar-refractivity contribution in [3.05, 3.63) is 102 Å². The fourth-order valence-corrected chi connectivity index (χ4v) is 3.32. The molecule has 0 radical (unpaired) electrons. The molecule has 0 atom stereocenters. The van der Waals surface area contributed by atoms with Crippen molar-refractivity contribution in [2.24, 2.45) is 0 Å². The number of nitrogens with one attached hydrogen (secondary N) is 1. The molecule has 2 heterocycles. The molecule has 0 saturated heterocycles. The first-order chi connectivity index (χ1) is 15.6. The maximum atomic E-state index is 13.4. The van der Waals surface area contributed by atoms with Crippen LogP contribution in [0.4, 0.5) is 4.39 Å². The fourth-order valence-electron chi connectivity index (χ4n) is 3.32. The van der Waals surface area contributed by atoms with Gasteiger partial charge in [0.25, 0.3) is 0 Å². The van der Waals surface area contributed by atoms with E-state index in [1.54, 1.807) is 29.2 Å². The third-order valence-electron chi connectivity index (χ3n) is 4.98. The van der Waals surface area contributed by atoms with E-state index in [0.29, 0.717) is 30.3 Å². The van der Waals surface area contributed by atoms with Crippen molar-refractivity contribution < 1.29 is 13.9 Å². The summed E-state index contributed by atoms with van der Waals surface area (Å²) in [5, 5.41) is 7.52. The van der Waals surface area contributed by atoms with Gasteiger partial charge in [-0.05, 0) is 61.4 Å². The molecule has 6 nitrogen and oxygen atoms in total. The molecule has 0 aliphatic carbocycles. The number of carbonyl (C=O) groups is 1. The Balaban J connectivity index is 1.55.